The highest BCUT2D eigenvalue weighted by molar-refractivity contribution is 5.99. The van der Waals surface area contributed by atoms with Gasteiger partial charge in [0.25, 0.3) is 11.6 Å². The van der Waals surface area contributed by atoms with Gasteiger partial charge in [0.2, 0.25) is 0 Å². The zero-order valence-corrected chi connectivity index (χ0v) is 12.1. The number of nitrogens with zero attached hydrogens (tertiary/aromatic N) is 2. The highest BCUT2D eigenvalue weighted by Crippen LogP contribution is 2.28. The van der Waals surface area contributed by atoms with Gasteiger partial charge in [0, 0.05) is 20.1 Å². The minimum absolute atomic E-state index is 0.0696. The first-order chi connectivity index (χ1) is 9.93. The second-order valence-electron chi connectivity index (χ2n) is 5.35. The van der Waals surface area contributed by atoms with Crippen molar-refractivity contribution in [1.29, 1.82) is 0 Å². The first-order valence-corrected chi connectivity index (χ1v) is 6.89. The van der Waals surface area contributed by atoms with Gasteiger partial charge < -0.3 is 10.2 Å². The molecule has 1 heterocycles. The lowest BCUT2D eigenvalue weighted by Crippen LogP contribution is -2.39. The number of likely N-dealkylation sites (tertiary alicyclic amines) is 1. The Morgan fingerprint density at radius 1 is 1.52 bits per heavy atom. The molecule has 1 aromatic rings. The minimum Gasteiger partial charge on any atom is -0.386 e. The van der Waals surface area contributed by atoms with Gasteiger partial charge in [-0.3, -0.25) is 14.9 Å². The molecule has 0 bridgehead atoms. The summed E-state index contributed by atoms with van der Waals surface area (Å²) in [5, 5.41) is 13.7. The fraction of sp³-hybridized carbons (Fsp3) is 0.500. The van der Waals surface area contributed by atoms with Crippen LogP contribution in [0.1, 0.15) is 30.1 Å². The van der Waals surface area contributed by atoms with Crippen LogP contribution in [-0.2, 0) is 0 Å². The molecule has 0 radical (unpaired) electrons. The SMILES string of the molecule is CNc1cc(C(=O)N2CCCC(C)C2)c([N+](=O)[O-])cc1F. The Bertz CT molecular complexity index is 577. The Balaban J connectivity index is 2.40. The zero-order chi connectivity index (χ0) is 15.6. The number of halogens is 1. The van der Waals surface area contributed by atoms with Crippen molar-refractivity contribution in [1.82, 2.24) is 4.90 Å². The molecule has 0 spiro atoms. The first-order valence-electron chi connectivity index (χ1n) is 6.89. The predicted molar refractivity (Wildman–Crippen MR) is 76.9 cm³/mol. The van der Waals surface area contributed by atoms with Gasteiger partial charge in [0.15, 0.2) is 5.82 Å². The van der Waals surface area contributed by atoms with Crippen molar-refractivity contribution in [2.24, 2.45) is 5.92 Å². The Morgan fingerprint density at radius 3 is 2.81 bits per heavy atom. The third kappa shape index (κ3) is 3.12. The van der Waals surface area contributed by atoms with E-state index in [1.54, 1.807) is 4.90 Å². The molecule has 1 aliphatic rings. The molecule has 0 aromatic heterocycles. The number of nitrogens with one attached hydrogen (secondary N) is 1. The molecule has 1 amide bonds. The van der Waals surface area contributed by atoms with Crippen LogP contribution < -0.4 is 5.32 Å². The van der Waals surface area contributed by atoms with Crippen LogP contribution in [0.2, 0.25) is 0 Å². The number of hydrogen-bond acceptors (Lipinski definition) is 4. The van der Waals surface area contributed by atoms with Crippen molar-refractivity contribution >= 4 is 17.3 Å². The zero-order valence-electron chi connectivity index (χ0n) is 12.1. The Labute approximate surface area is 122 Å². The molecule has 0 saturated carbocycles. The average Bonchev–Trinajstić information content (AvgIpc) is 2.46. The molecule has 1 aromatic carbocycles. The molecule has 1 aliphatic heterocycles. The van der Waals surface area contributed by atoms with Crippen LogP contribution in [0, 0.1) is 21.8 Å². The van der Waals surface area contributed by atoms with Gasteiger partial charge in [-0.05, 0) is 24.8 Å². The monoisotopic (exact) mass is 295 g/mol. The largest absolute Gasteiger partial charge is 0.386 e. The molecule has 1 unspecified atom stereocenters. The molecule has 1 atom stereocenters. The number of benzene rings is 1. The van der Waals surface area contributed by atoms with Gasteiger partial charge in [0.05, 0.1) is 16.7 Å². The topological polar surface area (TPSA) is 75.5 Å². The van der Waals surface area contributed by atoms with Gasteiger partial charge in [-0.15, -0.1) is 0 Å². The lowest BCUT2D eigenvalue weighted by molar-refractivity contribution is -0.385. The molecule has 1 fully saturated rings. The molecule has 2 rings (SSSR count). The van der Waals surface area contributed by atoms with E-state index in [4.69, 9.17) is 0 Å². The summed E-state index contributed by atoms with van der Waals surface area (Å²) >= 11 is 0. The van der Waals surface area contributed by atoms with Crippen molar-refractivity contribution in [3.8, 4) is 0 Å². The van der Waals surface area contributed by atoms with Crippen LogP contribution in [0.5, 0.6) is 0 Å². The number of anilines is 1. The molecular weight excluding hydrogens is 277 g/mol. The quantitative estimate of drug-likeness (QED) is 0.687. The fourth-order valence-corrected chi connectivity index (χ4v) is 2.62. The van der Waals surface area contributed by atoms with Crippen molar-refractivity contribution < 1.29 is 14.1 Å². The summed E-state index contributed by atoms with van der Waals surface area (Å²) in [5.74, 6) is -0.788. The lowest BCUT2D eigenvalue weighted by Gasteiger charge is -2.31. The molecular formula is C14H18FN3O3. The van der Waals surface area contributed by atoms with E-state index in [1.165, 1.54) is 13.1 Å². The predicted octanol–water partition coefficient (Wildman–Crippen LogP) is 2.65. The number of rotatable bonds is 3. The van der Waals surface area contributed by atoms with E-state index in [0.717, 1.165) is 18.9 Å². The third-order valence-electron chi connectivity index (χ3n) is 3.73. The second kappa shape index (κ2) is 6.07. The number of amides is 1. The average molecular weight is 295 g/mol. The lowest BCUT2D eigenvalue weighted by atomic mass is 9.99. The highest BCUT2D eigenvalue weighted by Gasteiger charge is 2.29. The molecule has 1 N–H and O–H groups in total. The van der Waals surface area contributed by atoms with Crippen molar-refractivity contribution in [3.05, 3.63) is 33.6 Å². The maximum absolute atomic E-state index is 13.7. The van der Waals surface area contributed by atoms with E-state index in [9.17, 15) is 19.3 Å². The van der Waals surface area contributed by atoms with Crippen LogP contribution >= 0.6 is 0 Å². The summed E-state index contributed by atoms with van der Waals surface area (Å²) in [5.41, 5.74) is -0.483. The second-order valence-corrected chi connectivity index (χ2v) is 5.35. The van der Waals surface area contributed by atoms with Crippen LogP contribution in [-0.4, -0.2) is 35.9 Å². The van der Waals surface area contributed by atoms with Gasteiger partial charge in [-0.25, -0.2) is 4.39 Å². The van der Waals surface area contributed by atoms with Gasteiger partial charge in [-0.1, -0.05) is 6.92 Å². The normalized spacial score (nSPS) is 18.4. The van der Waals surface area contributed by atoms with E-state index < -0.39 is 22.3 Å². The summed E-state index contributed by atoms with van der Waals surface area (Å²) < 4.78 is 13.7. The summed E-state index contributed by atoms with van der Waals surface area (Å²) in [7, 11) is 1.50. The Morgan fingerprint density at radius 2 is 2.24 bits per heavy atom. The van der Waals surface area contributed by atoms with E-state index in [1.807, 2.05) is 6.92 Å². The maximum Gasteiger partial charge on any atom is 0.285 e. The van der Waals surface area contributed by atoms with E-state index in [2.05, 4.69) is 5.32 Å². The smallest absolute Gasteiger partial charge is 0.285 e. The molecule has 0 aliphatic carbocycles. The first kappa shape index (κ1) is 15.2. The van der Waals surface area contributed by atoms with Gasteiger partial charge in [-0.2, -0.15) is 0 Å². The van der Waals surface area contributed by atoms with E-state index in [0.29, 0.717) is 19.0 Å². The summed E-state index contributed by atoms with van der Waals surface area (Å²) in [4.78, 5) is 24.5. The van der Waals surface area contributed by atoms with Crippen molar-refractivity contribution in [2.45, 2.75) is 19.8 Å². The van der Waals surface area contributed by atoms with Crippen LogP contribution in [0.3, 0.4) is 0 Å². The number of carbonyl (C=O) groups is 1. The number of hydrogen-bond donors (Lipinski definition) is 1. The van der Waals surface area contributed by atoms with E-state index >= 15 is 0 Å². The van der Waals surface area contributed by atoms with E-state index in [-0.39, 0.29) is 11.3 Å². The number of nitro benzene ring substituents is 1. The number of carbonyl (C=O) groups excluding carboxylic acids is 1. The maximum atomic E-state index is 13.7. The van der Waals surface area contributed by atoms with Crippen molar-refractivity contribution in [2.75, 3.05) is 25.5 Å². The minimum atomic E-state index is -0.743. The summed E-state index contributed by atoms with van der Waals surface area (Å²) in [6.45, 7) is 3.19. The highest BCUT2D eigenvalue weighted by atomic mass is 19.1. The molecule has 7 heteroatoms. The fourth-order valence-electron chi connectivity index (χ4n) is 2.62. The Hall–Kier alpha value is -2.18. The standard InChI is InChI=1S/C14H18FN3O3/c1-9-4-3-5-17(8-9)14(19)10-6-12(16-2)11(15)7-13(10)18(20)21/h6-7,9,16H,3-5,8H2,1-2H3. The van der Waals surface area contributed by atoms with Gasteiger partial charge >= 0.3 is 0 Å². The van der Waals surface area contributed by atoms with Gasteiger partial charge in [0.1, 0.15) is 5.56 Å². The van der Waals surface area contributed by atoms with Crippen molar-refractivity contribution in [3.63, 3.8) is 0 Å². The third-order valence-corrected chi connectivity index (χ3v) is 3.73. The van der Waals surface area contributed by atoms with Crippen LogP contribution in [0.15, 0.2) is 12.1 Å². The number of nitro groups is 1. The molecule has 114 valence electrons. The number of piperidine rings is 1. The summed E-state index contributed by atoms with van der Waals surface area (Å²) in [6, 6.07) is 2.02. The molecule has 1 saturated heterocycles. The summed E-state index contributed by atoms with van der Waals surface area (Å²) in [6.07, 6.45) is 1.91. The molecule has 6 nitrogen and oxygen atoms in total. The Kier molecular flexibility index (Phi) is 4.40. The van der Waals surface area contributed by atoms with Crippen LogP contribution in [0.4, 0.5) is 15.8 Å². The molecule has 21 heavy (non-hydrogen) atoms. The van der Waals surface area contributed by atoms with Crippen LogP contribution in [0.25, 0.3) is 0 Å².